The van der Waals surface area contributed by atoms with Crippen molar-refractivity contribution in [3.63, 3.8) is 0 Å². The molecule has 0 spiro atoms. The highest BCUT2D eigenvalue weighted by Crippen LogP contribution is 2.23. The van der Waals surface area contributed by atoms with Crippen LogP contribution in [0.15, 0.2) is 30.9 Å². The Labute approximate surface area is 103 Å². The van der Waals surface area contributed by atoms with Gasteiger partial charge in [0.2, 0.25) is 0 Å². The molecular weight excluding hydrogens is 242 g/mol. The van der Waals surface area contributed by atoms with Crippen molar-refractivity contribution >= 4 is 17.4 Å². The molecule has 1 aromatic carbocycles. The number of benzene rings is 1. The van der Waals surface area contributed by atoms with Crippen LogP contribution in [0.5, 0.6) is 5.75 Å². The van der Waals surface area contributed by atoms with Crippen LogP contribution in [0.3, 0.4) is 0 Å². The van der Waals surface area contributed by atoms with E-state index in [-0.39, 0.29) is 12.3 Å². The maximum Gasteiger partial charge on any atom is 0.188 e. The van der Waals surface area contributed by atoms with Crippen LogP contribution in [-0.4, -0.2) is 27.7 Å². The van der Waals surface area contributed by atoms with Gasteiger partial charge < -0.3 is 4.74 Å². The number of Topliss-reactive ketones (excluding diaryl/α,β-unsaturated/α-hetero) is 1. The summed E-state index contributed by atoms with van der Waals surface area (Å²) in [7, 11) is 1.51. The third kappa shape index (κ3) is 2.62. The van der Waals surface area contributed by atoms with Crippen LogP contribution < -0.4 is 4.74 Å². The van der Waals surface area contributed by atoms with Gasteiger partial charge in [-0.25, -0.2) is 9.67 Å². The zero-order valence-electron chi connectivity index (χ0n) is 9.13. The monoisotopic (exact) mass is 251 g/mol. The molecule has 1 heterocycles. The summed E-state index contributed by atoms with van der Waals surface area (Å²) in [6.07, 6.45) is 2.86. The average molecular weight is 252 g/mol. The summed E-state index contributed by atoms with van der Waals surface area (Å²) in [4.78, 5) is 15.8. The van der Waals surface area contributed by atoms with Crippen molar-refractivity contribution in [3.8, 4) is 5.75 Å². The predicted molar refractivity (Wildman–Crippen MR) is 62.4 cm³/mol. The first kappa shape index (κ1) is 11.6. The number of halogens is 1. The lowest BCUT2D eigenvalue weighted by atomic mass is 10.1. The molecule has 0 radical (unpaired) electrons. The summed E-state index contributed by atoms with van der Waals surface area (Å²) in [5.41, 5.74) is 0.440. The normalized spacial score (nSPS) is 10.2. The number of nitrogens with zero attached hydrogens (tertiary/aromatic N) is 3. The highest BCUT2D eigenvalue weighted by atomic mass is 35.5. The Balaban J connectivity index is 2.26. The Morgan fingerprint density at radius 1 is 1.53 bits per heavy atom. The number of hydrogen-bond donors (Lipinski definition) is 0. The smallest absolute Gasteiger partial charge is 0.188 e. The van der Waals surface area contributed by atoms with E-state index in [9.17, 15) is 4.79 Å². The second kappa shape index (κ2) is 4.97. The largest absolute Gasteiger partial charge is 0.496 e. The van der Waals surface area contributed by atoms with Crippen LogP contribution in [0, 0.1) is 0 Å². The number of methoxy groups -OCH3 is 1. The number of ether oxygens (including phenoxy) is 1. The summed E-state index contributed by atoms with van der Waals surface area (Å²) in [5.74, 6) is 0.370. The molecule has 0 aliphatic rings. The van der Waals surface area contributed by atoms with Crippen molar-refractivity contribution in [2.45, 2.75) is 6.54 Å². The molecule has 2 aromatic rings. The van der Waals surface area contributed by atoms with E-state index in [1.54, 1.807) is 18.2 Å². The molecule has 88 valence electrons. The highest BCUT2D eigenvalue weighted by molar-refractivity contribution is 6.31. The third-order valence-electron chi connectivity index (χ3n) is 2.23. The van der Waals surface area contributed by atoms with Gasteiger partial charge in [-0.3, -0.25) is 4.79 Å². The standard InChI is InChI=1S/C11H10ClN3O2/c1-17-11-3-2-8(12)4-9(11)10(16)5-15-7-13-6-14-15/h2-4,6-7H,5H2,1H3. The Morgan fingerprint density at radius 2 is 2.35 bits per heavy atom. The molecule has 0 amide bonds. The first-order valence-electron chi connectivity index (χ1n) is 4.90. The lowest BCUT2D eigenvalue weighted by Crippen LogP contribution is -2.12. The Morgan fingerprint density at radius 3 is 3.00 bits per heavy atom. The van der Waals surface area contributed by atoms with Crippen molar-refractivity contribution < 1.29 is 9.53 Å². The van der Waals surface area contributed by atoms with E-state index in [4.69, 9.17) is 16.3 Å². The molecule has 17 heavy (non-hydrogen) atoms. The maximum atomic E-state index is 12.0. The lowest BCUT2D eigenvalue weighted by molar-refractivity contribution is 0.0964. The molecule has 0 aliphatic carbocycles. The molecule has 0 saturated heterocycles. The van der Waals surface area contributed by atoms with E-state index < -0.39 is 0 Å². The molecule has 0 aliphatic heterocycles. The van der Waals surface area contributed by atoms with Crippen LogP contribution in [0.2, 0.25) is 5.02 Å². The SMILES string of the molecule is COc1ccc(Cl)cc1C(=O)Cn1cncn1. The number of carbonyl (C=O) groups is 1. The first-order valence-corrected chi connectivity index (χ1v) is 5.27. The van der Waals surface area contributed by atoms with E-state index in [0.29, 0.717) is 16.3 Å². The van der Waals surface area contributed by atoms with Gasteiger partial charge in [0, 0.05) is 5.02 Å². The molecule has 5 nitrogen and oxygen atoms in total. The molecule has 0 bridgehead atoms. The first-order chi connectivity index (χ1) is 8.20. The highest BCUT2D eigenvalue weighted by Gasteiger charge is 2.13. The van der Waals surface area contributed by atoms with Gasteiger partial charge >= 0.3 is 0 Å². The minimum Gasteiger partial charge on any atom is -0.496 e. The van der Waals surface area contributed by atoms with Crippen molar-refractivity contribution in [2.24, 2.45) is 0 Å². The van der Waals surface area contributed by atoms with E-state index in [1.807, 2.05) is 0 Å². The van der Waals surface area contributed by atoms with Crippen LogP contribution >= 0.6 is 11.6 Å². The molecule has 0 atom stereocenters. The lowest BCUT2D eigenvalue weighted by Gasteiger charge is -2.07. The van der Waals surface area contributed by atoms with E-state index in [2.05, 4.69) is 10.1 Å². The van der Waals surface area contributed by atoms with E-state index in [1.165, 1.54) is 24.4 Å². The van der Waals surface area contributed by atoms with Gasteiger partial charge in [0.1, 0.15) is 24.9 Å². The molecule has 0 N–H and O–H groups in total. The fourth-order valence-electron chi connectivity index (χ4n) is 1.44. The van der Waals surface area contributed by atoms with Gasteiger partial charge in [0.25, 0.3) is 0 Å². The second-order valence-electron chi connectivity index (χ2n) is 3.36. The summed E-state index contributed by atoms with van der Waals surface area (Å²) in [6.45, 7) is 0.108. The quantitative estimate of drug-likeness (QED) is 0.778. The van der Waals surface area contributed by atoms with Gasteiger partial charge in [0.05, 0.1) is 12.7 Å². The van der Waals surface area contributed by atoms with Crippen LogP contribution in [0.25, 0.3) is 0 Å². The van der Waals surface area contributed by atoms with E-state index >= 15 is 0 Å². The van der Waals surface area contributed by atoms with Gasteiger partial charge in [0.15, 0.2) is 5.78 Å². The maximum absolute atomic E-state index is 12.0. The Hall–Kier alpha value is -1.88. The van der Waals surface area contributed by atoms with Crippen molar-refractivity contribution in [1.82, 2.24) is 14.8 Å². The fraction of sp³-hybridized carbons (Fsp3) is 0.182. The number of aromatic nitrogens is 3. The number of carbonyl (C=O) groups excluding carboxylic acids is 1. The van der Waals surface area contributed by atoms with Crippen molar-refractivity contribution in [3.05, 3.63) is 41.4 Å². The molecule has 0 saturated carbocycles. The predicted octanol–water partition coefficient (Wildman–Crippen LogP) is 1.82. The van der Waals surface area contributed by atoms with Crippen LogP contribution in [0.4, 0.5) is 0 Å². The van der Waals surface area contributed by atoms with E-state index in [0.717, 1.165) is 0 Å². The minimum absolute atomic E-state index is 0.108. The Bertz CT molecular complexity index is 526. The minimum atomic E-state index is -0.130. The fourth-order valence-corrected chi connectivity index (χ4v) is 1.62. The van der Waals surface area contributed by atoms with Gasteiger partial charge in [-0.05, 0) is 18.2 Å². The molecule has 0 fully saturated rings. The van der Waals surface area contributed by atoms with Gasteiger partial charge in [-0.2, -0.15) is 5.10 Å². The van der Waals surface area contributed by atoms with Crippen LogP contribution in [0.1, 0.15) is 10.4 Å². The van der Waals surface area contributed by atoms with Gasteiger partial charge in [-0.1, -0.05) is 11.6 Å². The van der Waals surface area contributed by atoms with Crippen LogP contribution in [-0.2, 0) is 6.54 Å². The molecular formula is C11H10ClN3O2. The Kier molecular flexibility index (Phi) is 3.39. The van der Waals surface area contributed by atoms with Gasteiger partial charge in [-0.15, -0.1) is 0 Å². The summed E-state index contributed by atoms with van der Waals surface area (Å²) >= 11 is 5.86. The molecule has 1 aromatic heterocycles. The molecule has 0 unspecified atom stereocenters. The van der Waals surface area contributed by atoms with Crippen molar-refractivity contribution in [1.29, 1.82) is 0 Å². The summed E-state index contributed by atoms with van der Waals surface area (Å²) in [6, 6.07) is 4.92. The summed E-state index contributed by atoms with van der Waals surface area (Å²) in [5, 5.41) is 4.36. The topological polar surface area (TPSA) is 57.0 Å². The zero-order chi connectivity index (χ0) is 12.3. The zero-order valence-corrected chi connectivity index (χ0v) is 9.89. The van der Waals surface area contributed by atoms with Crippen molar-refractivity contribution in [2.75, 3.05) is 7.11 Å². The average Bonchev–Trinajstić information content (AvgIpc) is 2.81. The second-order valence-corrected chi connectivity index (χ2v) is 3.80. The molecule has 2 rings (SSSR count). The summed E-state index contributed by atoms with van der Waals surface area (Å²) < 4.78 is 6.56. The number of hydrogen-bond acceptors (Lipinski definition) is 4. The number of rotatable bonds is 4. The molecule has 6 heteroatoms. The third-order valence-corrected chi connectivity index (χ3v) is 2.47. The number of ketones is 1.